The summed E-state index contributed by atoms with van der Waals surface area (Å²) in [5.41, 5.74) is -0.175. The van der Waals surface area contributed by atoms with Gasteiger partial charge in [-0.2, -0.15) is 0 Å². The van der Waals surface area contributed by atoms with Crippen molar-refractivity contribution in [1.29, 1.82) is 0 Å². The molecule has 0 aliphatic rings. The Bertz CT molecular complexity index is 452. The second-order valence-electron chi connectivity index (χ2n) is 3.08. The highest BCUT2D eigenvalue weighted by atomic mass is 79.9. The van der Waals surface area contributed by atoms with E-state index in [0.717, 1.165) is 6.07 Å². The molecule has 0 saturated carbocycles. The normalized spacial score (nSPS) is 11.9. The van der Waals surface area contributed by atoms with Crippen molar-refractivity contribution in [2.75, 3.05) is 6.61 Å². The monoisotopic (exact) mass is 305 g/mol. The van der Waals surface area contributed by atoms with E-state index in [1.807, 2.05) is 0 Å². The Balaban J connectivity index is 2.97. The van der Waals surface area contributed by atoms with Gasteiger partial charge in [0.2, 0.25) is 6.17 Å². The summed E-state index contributed by atoms with van der Waals surface area (Å²) in [5.74, 6) is -1.01. The van der Waals surface area contributed by atoms with Crippen LogP contribution in [0, 0.1) is 10.1 Å². The number of nitro groups is 1. The summed E-state index contributed by atoms with van der Waals surface area (Å²) in [4.78, 5) is 21.1. The number of carbonyl (C=O) groups excluding carboxylic acids is 1. The molecule has 0 aromatic heterocycles. The van der Waals surface area contributed by atoms with Crippen LogP contribution in [0.4, 0.5) is 10.1 Å². The van der Waals surface area contributed by atoms with Crippen molar-refractivity contribution in [1.82, 2.24) is 0 Å². The summed E-state index contributed by atoms with van der Waals surface area (Å²) < 4.78 is 18.2. The van der Waals surface area contributed by atoms with E-state index in [-0.39, 0.29) is 22.3 Å². The SMILES string of the molecule is CCOC(=O)C(F)c1ccc([N+](=O)[O-])c(Br)c1. The molecule has 1 unspecified atom stereocenters. The van der Waals surface area contributed by atoms with Crippen LogP contribution in [0.3, 0.4) is 0 Å². The molecule has 17 heavy (non-hydrogen) atoms. The minimum atomic E-state index is -1.94. The predicted octanol–water partition coefficient (Wildman–Crippen LogP) is 2.93. The van der Waals surface area contributed by atoms with Crippen LogP contribution < -0.4 is 0 Å². The summed E-state index contributed by atoms with van der Waals surface area (Å²) >= 11 is 2.94. The molecule has 0 N–H and O–H groups in total. The first kappa shape index (κ1) is 13.6. The Kier molecular flexibility index (Phi) is 4.56. The highest BCUT2D eigenvalue weighted by molar-refractivity contribution is 9.10. The lowest BCUT2D eigenvalue weighted by atomic mass is 10.1. The van der Waals surface area contributed by atoms with E-state index < -0.39 is 17.1 Å². The maximum atomic E-state index is 13.6. The van der Waals surface area contributed by atoms with E-state index >= 15 is 0 Å². The first-order chi connectivity index (χ1) is 7.97. The number of alkyl halides is 1. The molecule has 0 aliphatic heterocycles. The van der Waals surface area contributed by atoms with Crippen LogP contribution in [0.2, 0.25) is 0 Å². The number of hydrogen-bond acceptors (Lipinski definition) is 4. The Morgan fingerprint density at radius 2 is 2.29 bits per heavy atom. The van der Waals surface area contributed by atoms with Gasteiger partial charge in [0, 0.05) is 6.07 Å². The van der Waals surface area contributed by atoms with Crippen molar-refractivity contribution >= 4 is 27.6 Å². The van der Waals surface area contributed by atoms with Crippen LogP contribution >= 0.6 is 15.9 Å². The van der Waals surface area contributed by atoms with Gasteiger partial charge < -0.3 is 4.74 Å². The molecule has 1 aromatic carbocycles. The molecule has 0 radical (unpaired) electrons. The van der Waals surface area contributed by atoms with Gasteiger partial charge in [-0.3, -0.25) is 10.1 Å². The summed E-state index contributed by atoms with van der Waals surface area (Å²) in [6.07, 6.45) is -1.94. The van der Waals surface area contributed by atoms with Crippen LogP contribution in [0.1, 0.15) is 18.7 Å². The molecule has 0 saturated heterocycles. The second-order valence-corrected chi connectivity index (χ2v) is 3.94. The van der Waals surface area contributed by atoms with Crippen molar-refractivity contribution in [3.8, 4) is 0 Å². The number of benzene rings is 1. The Labute approximate surface area is 105 Å². The zero-order chi connectivity index (χ0) is 13.0. The van der Waals surface area contributed by atoms with Crippen LogP contribution in [-0.2, 0) is 9.53 Å². The van der Waals surface area contributed by atoms with Crippen molar-refractivity contribution in [3.05, 3.63) is 38.3 Å². The van der Waals surface area contributed by atoms with Gasteiger partial charge in [-0.25, -0.2) is 9.18 Å². The molecule has 0 bridgehead atoms. The summed E-state index contributed by atoms with van der Waals surface area (Å²) in [6, 6.07) is 3.51. The largest absolute Gasteiger partial charge is 0.464 e. The van der Waals surface area contributed by atoms with Gasteiger partial charge in [0.15, 0.2) is 0 Å². The molecule has 0 spiro atoms. The number of ether oxygens (including phenoxy) is 1. The smallest absolute Gasteiger partial charge is 0.345 e. The van der Waals surface area contributed by atoms with Gasteiger partial charge in [-0.05, 0) is 40.5 Å². The summed E-state index contributed by atoms with van der Waals surface area (Å²) in [5, 5.41) is 10.5. The Morgan fingerprint density at radius 3 is 2.76 bits per heavy atom. The van der Waals surface area contributed by atoms with E-state index in [9.17, 15) is 19.3 Å². The number of esters is 1. The number of halogens is 2. The molecule has 1 atom stereocenters. The van der Waals surface area contributed by atoms with Crippen LogP contribution in [0.15, 0.2) is 22.7 Å². The Morgan fingerprint density at radius 1 is 1.65 bits per heavy atom. The number of carbonyl (C=O) groups is 1. The maximum absolute atomic E-state index is 13.6. The molecular weight excluding hydrogens is 297 g/mol. The van der Waals surface area contributed by atoms with Crippen molar-refractivity contribution < 1.29 is 18.8 Å². The fourth-order valence-electron chi connectivity index (χ4n) is 1.18. The lowest BCUT2D eigenvalue weighted by Crippen LogP contribution is -2.12. The zero-order valence-electron chi connectivity index (χ0n) is 8.85. The van der Waals surface area contributed by atoms with Gasteiger partial charge >= 0.3 is 5.97 Å². The fraction of sp³-hybridized carbons (Fsp3) is 0.300. The number of nitrogens with zero attached hydrogens (tertiary/aromatic N) is 1. The number of rotatable bonds is 4. The standard InChI is InChI=1S/C10H9BrFNO4/c1-2-17-10(14)9(12)6-3-4-8(13(15)16)7(11)5-6/h3-5,9H,2H2,1H3. The van der Waals surface area contributed by atoms with E-state index in [1.165, 1.54) is 12.1 Å². The predicted molar refractivity (Wildman–Crippen MR) is 61.3 cm³/mol. The molecule has 0 amide bonds. The molecule has 92 valence electrons. The maximum Gasteiger partial charge on any atom is 0.345 e. The minimum absolute atomic E-state index is 0.0147. The van der Waals surface area contributed by atoms with Crippen molar-refractivity contribution in [2.24, 2.45) is 0 Å². The topological polar surface area (TPSA) is 69.4 Å². The zero-order valence-corrected chi connectivity index (χ0v) is 10.4. The number of hydrogen-bond donors (Lipinski definition) is 0. The van der Waals surface area contributed by atoms with Crippen LogP contribution in [0.5, 0.6) is 0 Å². The fourth-order valence-corrected chi connectivity index (χ4v) is 1.72. The molecule has 0 aliphatic carbocycles. The van der Waals surface area contributed by atoms with Crippen molar-refractivity contribution in [2.45, 2.75) is 13.1 Å². The molecule has 5 nitrogen and oxygen atoms in total. The summed E-state index contributed by atoms with van der Waals surface area (Å²) in [6.45, 7) is 1.64. The molecule has 1 aromatic rings. The first-order valence-electron chi connectivity index (χ1n) is 4.72. The lowest BCUT2D eigenvalue weighted by Gasteiger charge is -2.08. The van der Waals surface area contributed by atoms with E-state index in [2.05, 4.69) is 20.7 Å². The summed E-state index contributed by atoms with van der Waals surface area (Å²) in [7, 11) is 0. The molecule has 0 fully saturated rings. The molecular formula is C10H9BrFNO4. The van der Waals surface area contributed by atoms with E-state index in [0.29, 0.717) is 0 Å². The highest BCUT2D eigenvalue weighted by Crippen LogP contribution is 2.29. The lowest BCUT2D eigenvalue weighted by molar-refractivity contribution is -0.385. The third-order valence-corrected chi connectivity index (χ3v) is 2.59. The number of nitro benzene ring substituents is 1. The average Bonchev–Trinajstić information content (AvgIpc) is 2.27. The van der Waals surface area contributed by atoms with Gasteiger partial charge in [-0.15, -0.1) is 0 Å². The second kappa shape index (κ2) is 5.72. The third kappa shape index (κ3) is 3.23. The van der Waals surface area contributed by atoms with E-state index in [1.54, 1.807) is 6.92 Å². The van der Waals surface area contributed by atoms with Crippen LogP contribution in [0.25, 0.3) is 0 Å². The molecule has 0 heterocycles. The van der Waals surface area contributed by atoms with E-state index in [4.69, 9.17) is 0 Å². The van der Waals surface area contributed by atoms with Gasteiger partial charge in [0.25, 0.3) is 5.69 Å². The minimum Gasteiger partial charge on any atom is -0.464 e. The van der Waals surface area contributed by atoms with Crippen LogP contribution in [-0.4, -0.2) is 17.5 Å². The quantitative estimate of drug-likeness (QED) is 0.487. The average molecular weight is 306 g/mol. The van der Waals surface area contributed by atoms with Gasteiger partial charge in [0.1, 0.15) is 0 Å². The molecule has 1 rings (SSSR count). The van der Waals surface area contributed by atoms with Crippen molar-refractivity contribution in [3.63, 3.8) is 0 Å². The highest BCUT2D eigenvalue weighted by Gasteiger charge is 2.23. The van der Waals surface area contributed by atoms with Gasteiger partial charge in [0.05, 0.1) is 16.0 Å². The molecule has 7 heteroatoms. The van der Waals surface area contributed by atoms with Gasteiger partial charge in [-0.1, -0.05) is 0 Å². The third-order valence-electron chi connectivity index (χ3n) is 1.95. The first-order valence-corrected chi connectivity index (χ1v) is 5.51. The Hall–Kier alpha value is -1.50.